The lowest BCUT2D eigenvalue weighted by Gasteiger charge is -2.25. The molecule has 0 saturated heterocycles. The fourth-order valence-corrected chi connectivity index (χ4v) is 4.59. The van der Waals surface area contributed by atoms with Gasteiger partial charge in [-0.3, -0.25) is 0 Å². The molecule has 2 radical (unpaired) electrons. The largest absolute Gasteiger partial charge is 0.311 e. The van der Waals surface area contributed by atoms with E-state index in [9.17, 15) is 0 Å². The highest BCUT2D eigenvalue weighted by Gasteiger charge is 2.12. The Morgan fingerprint density at radius 2 is 1.03 bits per heavy atom. The zero-order valence-corrected chi connectivity index (χ0v) is 18.6. The lowest BCUT2D eigenvalue weighted by Crippen LogP contribution is -2.27. The van der Waals surface area contributed by atoms with Crippen LogP contribution in [0.2, 0.25) is 0 Å². The van der Waals surface area contributed by atoms with E-state index in [1.54, 1.807) is 0 Å². The van der Waals surface area contributed by atoms with Crippen LogP contribution in [0.1, 0.15) is 31.7 Å². The van der Waals surface area contributed by atoms with Crippen molar-refractivity contribution in [2.24, 2.45) is 0 Å². The van der Waals surface area contributed by atoms with Crippen LogP contribution in [0.25, 0.3) is 0 Å². The zero-order valence-electron chi connectivity index (χ0n) is 17.6. The van der Waals surface area contributed by atoms with Crippen LogP contribution in [-0.4, -0.2) is 9.52 Å². The smallest absolute Gasteiger partial charge is 0.121 e. The van der Waals surface area contributed by atoms with Crippen LogP contribution in [0.3, 0.4) is 0 Å². The van der Waals surface area contributed by atoms with Crippen LogP contribution in [0.5, 0.6) is 0 Å². The Balaban J connectivity index is 1.57. The summed E-state index contributed by atoms with van der Waals surface area (Å²) in [7, 11) is 0.672. The first-order chi connectivity index (χ1) is 14.7. The summed E-state index contributed by atoms with van der Waals surface area (Å²) in [6.07, 6.45) is 1.18. The molecule has 4 rings (SSSR count). The molecular weight excluding hydrogens is 378 g/mol. The Morgan fingerprint density at radius 1 is 0.600 bits per heavy atom. The van der Waals surface area contributed by atoms with Gasteiger partial charge >= 0.3 is 0 Å². The third-order valence-electron chi connectivity index (χ3n) is 5.54. The average Bonchev–Trinajstić information content (AvgIpc) is 2.82. The molecule has 0 heterocycles. The van der Waals surface area contributed by atoms with E-state index >= 15 is 0 Å². The Bertz CT molecular complexity index is 1000. The summed E-state index contributed by atoms with van der Waals surface area (Å²) in [6, 6.07) is 39.2. The van der Waals surface area contributed by atoms with E-state index < -0.39 is 0 Å². The van der Waals surface area contributed by atoms with E-state index in [0.717, 1.165) is 0 Å². The average molecular weight is 406 g/mol. The highest BCUT2D eigenvalue weighted by Crippen LogP contribution is 2.33. The third kappa shape index (κ3) is 4.72. The minimum atomic E-state index is 0.628. The van der Waals surface area contributed by atoms with Gasteiger partial charge in [0.05, 0.1) is 0 Å². The van der Waals surface area contributed by atoms with Crippen molar-refractivity contribution in [2.75, 3.05) is 4.90 Å². The lowest BCUT2D eigenvalue weighted by atomic mass is 9.99. The van der Waals surface area contributed by atoms with Crippen molar-refractivity contribution < 1.29 is 0 Å². The van der Waals surface area contributed by atoms with Crippen molar-refractivity contribution in [1.29, 1.82) is 0 Å². The van der Waals surface area contributed by atoms with Crippen LogP contribution >= 0.6 is 0 Å². The summed E-state index contributed by atoms with van der Waals surface area (Å²) in [6.45, 7) is 4.54. The Hall–Kier alpha value is -3.10. The van der Waals surface area contributed by atoms with Gasteiger partial charge in [-0.25, -0.2) is 0 Å². The number of benzene rings is 4. The zero-order chi connectivity index (χ0) is 20.8. The van der Waals surface area contributed by atoms with Gasteiger partial charge in [0.1, 0.15) is 9.52 Å². The van der Waals surface area contributed by atoms with Crippen LogP contribution in [0.15, 0.2) is 109 Å². The van der Waals surface area contributed by atoms with Crippen molar-refractivity contribution in [3.63, 3.8) is 0 Å². The van der Waals surface area contributed by atoms with E-state index in [4.69, 9.17) is 0 Å². The molecule has 0 saturated carbocycles. The van der Waals surface area contributed by atoms with Gasteiger partial charge in [-0.15, -0.1) is 0 Å². The Kier molecular flexibility index (Phi) is 6.46. The number of hydrogen-bond acceptors (Lipinski definition) is 1. The van der Waals surface area contributed by atoms with Crippen LogP contribution in [-0.2, 0) is 0 Å². The van der Waals surface area contributed by atoms with Crippen molar-refractivity contribution in [3.8, 4) is 0 Å². The molecule has 0 aliphatic heterocycles. The second-order valence-corrected chi connectivity index (χ2v) is 9.01. The minimum Gasteiger partial charge on any atom is -0.311 e. The molecule has 0 fully saturated rings. The quantitative estimate of drug-likeness (QED) is 0.325. The van der Waals surface area contributed by atoms with Crippen LogP contribution < -0.4 is 15.3 Å². The second-order valence-electron chi connectivity index (χ2n) is 7.61. The van der Waals surface area contributed by atoms with E-state index in [1.807, 2.05) is 0 Å². The SMILES string of the molecule is CCC(C)c1ccc([Si]c2ccc(N(c3ccccc3)c3ccccc3)cc2)cc1. The molecule has 1 atom stereocenters. The fourth-order valence-electron chi connectivity index (χ4n) is 3.59. The maximum Gasteiger partial charge on any atom is 0.121 e. The minimum absolute atomic E-state index is 0.628. The molecule has 0 spiro atoms. The van der Waals surface area contributed by atoms with E-state index in [-0.39, 0.29) is 0 Å². The van der Waals surface area contributed by atoms with Crippen molar-refractivity contribution >= 4 is 37.0 Å². The lowest BCUT2D eigenvalue weighted by molar-refractivity contribution is 0.734. The van der Waals surface area contributed by atoms with Gasteiger partial charge in [-0.2, -0.15) is 0 Å². The molecule has 0 aliphatic rings. The summed E-state index contributed by atoms with van der Waals surface area (Å²) < 4.78 is 0. The number of nitrogens with zero attached hydrogens (tertiary/aromatic N) is 1. The molecule has 4 aromatic carbocycles. The number of hydrogen-bond donors (Lipinski definition) is 0. The summed E-state index contributed by atoms with van der Waals surface area (Å²) in [5.74, 6) is 0.628. The van der Waals surface area contributed by atoms with Gasteiger partial charge in [-0.05, 0) is 54.3 Å². The molecule has 148 valence electrons. The molecule has 2 heteroatoms. The van der Waals surface area contributed by atoms with Gasteiger partial charge in [0, 0.05) is 17.1 Å². The van der Waals surface area contributed by atoms with E-state index in [2.05, 4.69) is 128 Å². The van der Waals surface area contributed by atoms with Gasteiger partial charge in [0.15, 0.2) is 0 Å². The molecule has 0 N–H and O–H groups in total. The van der Waals surface area contributed by atoms with Crippen molar-refractivity contribution in [1.82, 2.24) is 0 Å². The Morgan fingerprint density at radius 3 is 1.50 bits per heavy atom. The maximum absolute atomic E-state index is 2.30. The predicted octanol–water partition coefficient (Wildman–Crippen LogP) is 6.32. The van der Waals surface area contributed by atoms with Gasteiger partial charge in [0.25, 0.3) is 0 Å². The van der Waals surface area contributed by atoms with Gasteiger partial charge in [-0.1, -0.05) is 97.0 Å². The summed E-state index contributed by atoms with van der Waals surface area (Å²) in [4.78, 5) is 2.30. The molecule has 1 nitrogen and oxygen atoms in total. The summed E-state index contributed by atoms with van der Waals surface area (Å²) in [5, 5.41) is 2.74. The summed E-state index contributed by atoms with van der Waals surface area (Å²) >= 11 is 0. The number of rotatable bonds is 7. The molecule has 1 unspecified atom stereocenters. The monoisotopic (exact) mass is 405 g/mol. The molecule has 4 aromatic rings. The van der Waals surface area contributed by atoms with Crippen LogP contribution in [0.4, 0.5) is 17.1 Å². The standard InChI is InChI=1S/C28H27NSi/c1-3-22(2)23-14-18-27(19-15-23)30-28-20-16-26(17-21-28)29(24-10-6-4-7-11-24)25-12-8-5-9-13-25/h4-22H,3H2,1-2H3. The maximum atomic E-state index is 2.30. The topological polar surface area (TPSA) is 3.24 Å². The molecule has 30 heavy (non-hydrogen) atoms. The first kappa shape index (κ1) is 20.2. The van der Waals surface area contributed by atoms with Crippen molar-refractivity contribution in [2.45, 2.75) is 26.2 Å². The van der Waals surface area contributed by atoms with Gasteiger partial charge < -0.3 is 4.90 Å². The molecule has 0 aromatic heterocycles. The number of anilines is 3. The number of para-hydroxylation sites is 2. The highest BCUT2D eigenvalue weighted by molar-refractivity contribution is 6.67. The Labute approximate surface area is 182 Å². The first-order valence-electron chi connectivity index (χ1n) is 10.6. The fraction of sp³-hybridized carbons (Fsp3) is 0.143. The molecular formula is C28H27NSi. The highest BCUT2D eigenvalue weighted by atomic mass is 28.2. The molecule has 0 amide bonds. The normalized spacial score (nSPS) is 11.8. The van der Waals surface area contributed by atoms with E-state index in [0.29, 0.717) is 15.4 Å². The first-order valence-corrected chi connectivity index (χ1v) is 11.6. The van der Waals surface area contributed by atoms with Crippen molar-refractivity contribution in [3.05, 3.63) is 115 Å². The second kappa shape index (κ2) is 9.60. The third-order valence-corrected chi connectivity index (χ3v) is 6.78. The predicted molar refractivity (Wildman–Crippen MR) is 131 cm³/mol. The molecule has 0 aliphatic carbocycles. The van der Waals surface area contributed by atoms with E-state index in [1.165, 1.54) is 39.4 Å². The molecule has 0 bridgehead atoms. The van der Waals surface area contributed by atoms with Crippen LogP contribution in [0, 0.1) is 0 Å². The summed E-state index contributed by atoms with van der Waals surface area (Å²) in [5.41, 5.74) is 4.94. The van der Waals surface area contributed by atoms with Gasteiger partial charge in [0.2, 0.25) is 0 Å².